The Morgan fingerprint density at radius 3 is 2.48 bits per heavy atom. The smallest absolute Gasteiger partial charge is 0.322 e. The lowest BCUT2D eigenvalue weighted by atomic mass is 10.2. The Kier molecular flexibility index (Phi) is 7.90. The third-order valence-electron chi connectivity index (χ3n) is 4.83. The highest BCUT2D eigenvalue weighted by Crippen LogP contribution is 2.27. The van der Waals surface area contributed by atoms with E-state index in [-0.39, 0.29) is 19.2 Å². The summed E-state index contributed by atoms with van der Waals surface area (Å²) in [7, 11) is 1.60. The van der Waals surface area contributed by atoms with E-state index in [0.717, 1.165) is 16.7 Å². The molecule has 0 heterocycles. The lowest BCUT2D eigenvalue weighted by Crippen LogP contribution is -2.36. The van der Waals surface area contributed by atoms with E-state index in [1.54, 1.807) is 12.0 Å². The molecule has 6 nitrogen and oxygen atoms in total. The summed E-state index contributed by atoms with van der Waals surface area (Å²) in [5, 5.41) is 12.4. The molecule has 2 N–H and O–H groups in total. The number of aliphatic hydroxyl groups is 1. The van der Waals surface area contributed by atoms with Crippen molar-refractivity contribution >= 4 is 11.7 Å². The summed E-state index contributed by atoms with van der Waals surface area (Å²) in [6.45, 7) is 2.72. The van der Waals surface area contributed by atoms with Gasteiger partial charge in [-0.1, -0.05) is 54.6 Å². The SMILES string of the molecule is COc1ccccc1CN(CCO)C(=O)Nc1ccc(C)cc1OCc1ccccc1. The number of amides is 2. The van der Waals surface area contributed by atoms with E-state index < -0.39 is 0 Å². The molecule has 0 bridgehead atoms. The highest BCUT2D eigenvalue weighted by atomic mass is 16.5. The molecule has 0 aliphatic rings. The largest absolute Gasteiger partial charge is 0.496 e. The van der Waals surface area contributed by atoms with Crippen molar-refractivity contribution in [2.24, 2.45) is 0 Å². The predicted molar refractivity (Wildman–Crippen MR) is 121 cm³/mol. The molecule has 6 heteroatoms. The van der Waals surface area contributed by atoms with E-state index in [9.17, 15) is 9.90 Å². The van der Waals surface area contributed by atoms with E-state index in [1.807, 2.05) is 79.7 Å². The Bertz CT molecular complexity index is 992. The number of para-hydroxylation sites is 1. The van der Waals surface area contributed by atoms with Gasteiger partial charge >= 0.3 is 6.03 Å². The minimum Gasteiger partial charge on any atom is -0.496 e. The number of aryl methyl sites for hydroxylation is 1. The van der Waals surface area contributed by atoms with Crippen molar-refractivity contribution in [3.8, 4) is 11.5 Å². The molecule has 0 radical (unpaired) electrons. The average molecular weight is 421 g/mol. The van der Waals surface area contributed by atoms with E-state index >= 15 is 0 Å². The van der Waals surface area contributed by atoms with Crippen LogP contribution in [0.2, 0.25) is 0 Å². The Morgan fingerprint density at radius 2 is 1.74 bits per heavy atom. The maximum Gasteiger partial charge on any atom is 0.322 e. The molecule has 3 aromatic carbocycles. The van der Waals surface area contributed by atoms with Crippen LogP contribution in [0, 0.1) is 6.92 Å². The normalized spacial score (nSPS) is 10.4. The van der Waals surface area contributed by atoms with Crippen LogP contribution in [-0.4, -0.2) is 36.3 Å². The third kappa shape index (κ3) is 6.23. The molecule has 0 atom stereocenters. The number of rotatable bonds is 9. The molecule has 3 aromatic rings. The zero-order chi connectivity index (χ0) is 22.1. The number of nitrogens with one attached hydrogen (secondary N) is 1. The number of ether oxygens (including phenoxy) is 2. The number of anilines is 1. The van der Waals surface area contributed by atoms with Crippen molar-refractivity contribution in [2.75, 3.05) is 25.6 Å². The number of methoxy groups -OCH3 is 1. The summed E-state index contributed by atoms with van der Waals surface area (Å²) in [4.78, 5) is 14.6. The number of carbonyl (C=O) groups excluding carboxylic acids is 1. The van der Waals surface area contributed by atoms with Crippen LogP contribution >= 0.6 is 0 Å². The molecule has 162 valence electrons. The molecule has 0 spiro atoms. The Labute approximate surface area is 183 Å². The average Bonchev–Trinajstić information content (AvgIpc) is 2.80. The van der Waals surface area contributed by atoms with E-state index in [0.29, 0.717) is 30.3 Å². The number of benzene rings is 3. The third-order valence-corrected chi connectivity index (χ3v) is 4.83. The van der Waals surface area contributed by atoms with Gasteiger partial charge in [-0.05, 0) is 36.2 Å². The fourth-order valence-corrected chi connectivity index (χ4v) is 3.19. The maximum atomic E-state index is 13.0. The highest BCUT2D eigenvalue weighted by Gasteiger charge is 2.17. The Morgan fingerprint density at radius 1 is 1.00 bits per heavy atom. The summed E-state index contributed by atoms with van der Waals surface area (Å²) in [5.74, 6) is 1.29. The summed E-state index contributed by atoms with van der Waals surface area (Å²) in [6, 6.07) is 22.7. The number of hydrogen-bond donors (Lipinski definition) is 2. The molecular weight excluding hydrogens is 392 g/mol. The van der Waals surface area contributed by atoms with Crippen molar-refractivity contribution in [1.29, 1.82) is 0 Å². The monoisotopic (exact) mass is 420 g/mol. The van der Waals surface area contributed by atoms with E-state index in [2.05, 4.69) is 5.32 Å². The van der Waals surface area contributed by atoms with Crippen LogP contribution in [0.3, 0.4) is 0 Å². The molecular formula is C25H28N2O4. The molecule has 31 heavy (non-hydrogen) atoms. The van der Waals surface area contributed by atoms with Crippen molar-refractivity contribution in [1.82, 2.24) is 4.90 Å². The van der Waals surface area contributed by atoms with E-state index in [1.165, 1.54) is 0 Å². The van der Waals surface area contributed by atoms with Crippen molar-refractivity contribution in [3.63, 3.8) is 0 Å². The van der Waals surface area contributed by atoms with Crippen molar-refractivity contribution in [2.45, 2.75) is 20.1 Å². The summed E-state index contributed by atoms with van der Waals surface area (Å²) in [6.07, 6.45) is 0. The number of urea groups is 1. The topological polar surface area (TPSA) is 71.0 Å². The number of aliphatic hydroxyl groups excluding tert-OH is 1. The fourth-order valence-electron chi connectivity index (χ4n) is 3.19. The summed E-state index contributed by atoms with van der Waals surface area (Å²) < 4.78 is 11.4. The van der Waals surface area contributed by atoms with Crippen LogP contribution in [0.15, 0.2) is 72.8 Å². The molecule has 2 amide bonds. The molecule has 0 unspecified atom stereocenters. The number of nitrogens with zero attached hydrogens (tertiary/aromatic N) is 1. The highest BCUT2D eigenvalue weighted by molar-refractivity contribution is 5.91. The predicted octanol–water partition coefficient (Wildman–Crippen LogP) is 4.61. The van der Waals surface area contributed by atoms with Gasteiger partial charge in [0.15, 0.2) is 0 Å². The second kappa shape index (κ2) is 11.0. The molecule has 0 saturated heterocycles. The Balaban J connectivity index is 1.75. The van der Waals surface area contributed by atoms with Crippen LogP contribution in [-0.2, 0) is 13.2 Å². The first-order valence-electron chi connectivity index (χ1n) is 10.2. The van der Waals surface area contributed by atoms with Crippen LogP contribution < -0.4 is 14.8 Å². The lowest BCUT2D eigenvalue weighted by molar-refractivity contribution is 0.184. The van der Waals surface area contributed by atoms with Gasteiger partial charge in [0.2, 0.25) is 0 Å². The van der Waals surface area contributed by atoms with Crippen LogP contribution in [0.25, 0.3) is 0 Å². The molecule has 0 aliphatic heterocycles. The van der Waals surface area contributed by atoms with Crippen LogP contribution in [0.4, 0.5) is 10.5 Å². The summed E-state index contributed by atoms with van der Waals surface area (Å²) in [5.41, 5.74) is 3.51. The minimum atomic E-state index is -0.326. The molecule has 0 aliphatic carbocycles. The minimum absolute atomic E-state index is 0.145. The summed E-state index contributed by atoms with van der Waals surface area (Å²) >= 11 is 0. The quantitative estimate of drug-likeness (QED) is 0.530. The van der Waals surface area contributed by atoms with Gasteiger partial charge in [-0.2, -0.15) is 0 Å². The van der Waals surface area contributed by atoms with Gasteiger partial charge in [-0.15, -0.1) is 0 Å². The zero-order valence-electron chi connectivity index (χ0n) is 17.9. The second-order valence-electron chi connectivity index (χ2n) is 7.16. The molecule has 0 aromatic heterocycles. The standard InChI is InChI=1S/C25H28N2O4/c1-19-12-13-22(24(16-19)31-18-20-8-4-3-5-9-20)26-25(29)27(14-15-28)17-21-10-6-7-11-23(21)30-2/h3-13,16,28H,14-15,17-18H2,1-2H3,(H,26,29). The first kappa shape index (κ1) is 22.2. The Hall–Kier alpha value is -3.51. The van der Waals surface area contributed by atoms with Gasteiger partial charge in [0.25, 0.3) is 0 Å². The van der Waals surface area contributed by atoms with Crippen LogP contribution in [0.5, 0.6) is 11.5 Å². The fraction of sp³-hybridized carbons (Fsp3) is 0.240. The zero-order valence-corrected chi connectivity index (χ0v) is 17.9. The van der Waals surface area contributed by atoms with Gasteiger partial charge in [-0.3, -0.25) is 0 Å². The van der Waals surface area contributed by atoms with Gasteiger partial charge in [-0.25, -0.2) is 4.79 Å². The first-order chi connectivity index (χ1) is 15.1. The van der Waals surface area contributed by atoms with Gasteiger partial charge in [0.05, 0.1) is 25.9 Å². The lowest BCUT2D eigenvalue weighted by Gasteiger charge is -2.24. The van der Waals surface area contributed by atoms with Gasteiger partial charge in [0, 0.05) is 12.1 Å². The molecule has 0 saturated carbocycles. The first-order valence-corrected chi connectivity index (χ1v) is 10.2. The molecule has 0 fully saturated rings. The maximum absolute atomic E-state index is 13.0. The van der Waals surface area contributed by atoms with E-state index in [4.69, 9.17) is 9.47 Å². The number of carbonyl (C=O) groups is 1. The van der Waals surface area contributed by atoms with Gasteiger partial charge in [0.1, 0.15) is 18.1 Å². The van der Waals surface area contributed by atoms with Crippen molar-refractivity contribution < 1.29 is 19.4 Å². The molecule has 3 rings (SSSR count). The van der Waals surface area contributed by atoms with Crippen LogP contribution in [0.1, 0.15) is 16.7 Å². The second-order valence-corrected chi connectivity index (χ2v) is 7.16. The number of hydrogen-bond acceptors (Lipinski definition) is 4. The van der Waals surface area contributed by atoms with Crippen molar-refractivity contribution in [3.05, 3.63) is 89.5 Å². The van der Waals surface area contributed by atoms with Gasteiger partial charge < -0.3 is 24.8 Å².